The van der Waals surface area contributed by atoms with Crippen molar-refractivity contribution in [1.29, 1.82) is 0 Å². The summed E-state index contributed by atoms with van der Waals surface area (Å²) in [6.45, 7) is 1.91. The summed E-state index contributed by atoms with van der Waals surface area (Å²) in [5.41, 5.74) is 8.40. The predicted molar refractivity (Wildman–Crippen MR) is 86.4 cm³/mol. The van der Waals surface area contributed by atoms with Gasteiger partial charge in [0.25, 0.3) is 0 Å². The number of halogens is 1. The van der Waals surface area contributed by atoms with Gasteiger partial charge in [-0.3, -0.25) is 4.21 Å². The number of ether oxygens (including phenoxy) is 1. The minimum Gasteiger partial charge on any atom is -0.497 e. The molecule has 0 bridgehead atoms. The molecule has 0 fully saturated rings. The molecule has 2 aromatic rings. The van der Waals surface area contributed by atoms with Crippen LogP contribution in [0.3, 0.4) is 0 Å². The first-order valence-corrected chi connectivity index (χ1v) is 8.19. The largest absolute Gasteiger partial charge is 0.497 e. The van der Waals surface area contributed by atoms with Gasteiger partial charge in [0.1, 0.15) is 5.75 Å². The van der Waals surface area contributed by atoms with Crippen LogP contribution in [-0.2, 0) is 16.6 Å². The fourth-order valence-electron chi connectivity index (χ4n) is 1.80. The van der Waals surface area contributed by atoms with E-state index < -0.39 is 10.8 Å². The lowest BCUT2D eigenvalue weighted by atomic mass is 10.2. The SMILES string of the molecule is COc1ccc(Br)c(CS(=O)c2ccc(N)c(C)c2)c1. The lowest BCUT2D eigenvalue weighted by molar-refractivity contribution is 0.414. The summed E-state index contributed by atoms with van der Waals surface area (Å²) < 4.78 is 18.6. The van der Waals surface area contributed by atoms with Crippen LogP contribution in [0.25, 0.3) is 0 Å². The summed E-state index contributed by atoms with van der Waals surface area (Å²) in [6.07, 6.45) is 0. The van der Waals surface area contributed by atoms with Crippen LogP contribution in [0.2, 0.25) is 0 Å². The van der Waals surface area contributed by atoms with Crippen molar-refractivity contribution in [3.63, 3.8) is 0 Å². The summed E-state index contributed by atoms with van der Waals surface area (Å²) >= 11 is 3.48. The first-order chi connectivity index (χ1) is 9.51. The van der Waals surface area contributed by atoms with Crippen molar-refractivity contribution in [3.05, 3.63) is 52.0 Å². The zero-order valence-corrected chi connectivity index (χ0v) is 13.8. The molecule has 5 heteroatoms. The fraction of sp³-hybridized carbons (Fsp3) is 0.200. The first kappa shape index (κ1) is 15.1. The third-order valence-electron chi connectivity index (χ3n) is 3.04. The minimum atomic E-state index is -1.11. The van der Waals surface area contributed by atoms with E-state index in [2.05, 4.69) is 15.9 Å². The van der Waals surface area contributed by atoms with Crippen molar-refractivity contribution in [2.75, 3.05) is 12.8 Å². The van der Waals surface area contributed by atoms with E-state index in [-0.39, 0.29) is 0 Å². The summed E-state index contributed by atoms with van der Waals surface area (Å²) in [7, 11) is 0.504. The zero-order chi connectivity index (χ0) is 14.7. The Bertz CT molecular complexity index is 658. The van der Waals surface area contributed by atoms with E-state index >= 15 is 0 Å². The summed E-state index contributed by atoms with van der Waals surface area (Å²) in [4.78, 5) is 0.784. The van der Waals surface area contributed by atoms with Crippen LogP contribution in [0.5, 0.6) is 5.75 Å². The monoisotopic (exact) mass is 353 g/mol. The number of nitrogens with two attached hydrogens (primary N) is 1. The number of anilines is 1. The molecule has 0 saturated carbocycles. The number of rotatable bonds is 4. The molecule has 2 aromatic carbocycles. The van der Waals surface area contributed by atoms with Crippen molar-refractivity contribution >= 4 is 32.4 Å². The van der Waals surface area contributed by atoms with E-state index in [9.17, 15) is 4.21 Å². The summed E-state index contributed by atoms with van der Waals surface area (Å²) in [5.74, 6) is 1.19. The molecule has 0 radical (unpaired) electrons. The average Bonchev–Trinajstić information content (AvgIpc) is 2.44. The van der Waals surface area contributed by atoms with Crippen molar-refractivity contribution in [3.8, 4) is 5.75 Å². The highest BCUT2D eigenvalue weighted by molar-refractivity contribution is 9.10. The number of methoxy groups -OCH3 is 1. The number of nitrogen functional groups attached to an aromatic ring is 1. The van der Waals surface area contributed by atoms with Gasteiger partial charge >= 0.3 is 0 Å². The normalized spacial score (nSPS) is 12.2. The van der Waals surface area contributed by atoms with Crippen molar-refractivity contribution in [2.45, 2.75) is 17.6 Å². The lowest BCUT2D eigenvalue weighted by Gasteiger charge is -2.09. The van der Waals surface area contributed by atoms with Crippen molar-refractivity contribution in [2.24, 2.45) is 0 Å². The van der Waals surface area contributed by atoms with E-state index in [1.54, 1.807) is 13.2 Å². The third kappa shape index (κ3) is 3.41. The standard InChI is InChI=1S/C15H16BrNO2S/c1-10-7-13(4-6-15(10)17)20(18)9-11-8-12(19-2)3-5-14(11)16/h3-8H,9,17H2,1-2H3. The van der Waals surface area contributed by atoms with Crippen LogP contribution < -0.4 is 10.5 Å². The molecule has 0 aliphatic carbocycles. The highest BCUT2D eigenvalue weighted by Gasteiger charge is 2.10. The smallest absolute Gasteiger partial charge is 0.119 e. The maximum absolute atomic E-state index is 12.4. The Kier molecular flexibility index (Phi) is 4.83. The quantitative estimate of drug-likeness (QED) is 0.853. The summed E-state index contributed by atoms with van der Waals surface area (Å²) in [6, 6.07) is 11.1. The van der Waals surface area contributed by atoms with Gasteiger partial charge in [-0.2, -0.15) is 0 Å². The van der Waals surface area contributed by atoms with Gasteiger partial charge in [-0.25, -0.2) is 0 Å². The number of hydrogen-bond donors (Lipinski definition) is 1. The van der Waals surface area contributed by atoms with Gasteiger partial charge in [0.15, 0.2) is 0 Å². The van der Waals surface area contributed by atoms with Crippen LogP contribution in [0.4, 0.5) is 5.69 Å². The Morgan fingerprint density at radius 3 is 2.65 bits per heavy atom. The molecule has 2 N–H and O–H groups in total. The second-order valence-corrected chi connectivity index (χ2v) is 6.77. The van der Waals surface area contributed by atoms with Crippen LogP contribution in [0.15, 0.2) is 45.8 Å². The van der Waals surface area contributed by atoms with E-state index in [0.717, 1.165) is 26.2 Å². The van der Waals surface area contributed by atoms with Gasteiger partial charge in [0.2, 0.25) is 0 Å². The van der Waals surface area contributed by atoms with Gasteiger partial charge in [-0.1, -0.05) is 15.9 Å². The van der Waals surface area contributed by atoms with Gasteiger partial charge < -0.3 is 10.5 Å². The molecule has 2 rings (SSSR count). The van der Waals surface area contributed by atoms with Crippen molar-refractivity contribution in [1.82, 2.24) is 0 Å². The van der Waals surface area contributed by atoms with E-state index in [1.807, 2.05) is 37.3 Å². The van der Waals surface area contributed by atoms with Crippen LogP contribution >= 0.6 is 15.9 Å². The number of benzene rings is 2. The Morgan fingerprint density at radius 1 is 1.25 bits per heavy atom. The van der Waals surface area contributed by atoms with Gasteiger partial charge in [0.05, 0.1) is 23.7 Å². The van der Waals surface area contributed by atoms with Crippen LogP contribution in [-0.4, -0.2) is 11.3 Å². The van der Waals surface area contributed by atoms with E-state index in [4.69, 9.17) is 10.5 Å². The second kappa shape index (κ2) is 6.41. The van der Waals surface area contributed by atoms with E-state index in [0.29, 0.717) is 11.4 Å². The Morgan fingerprint density at radius 2 is 2.00 bits per heavy atom. The molecular weight excluding hydrogens is 338 g/mol. The van der Waals surface area contributed by atoms with E-state index in [1.165, 1.54) is 0 Å². The topological polar surface area (TPSA) is 52.3 Å². The number of aryl methyl sites for hydroxylation is 1. The Hall–Kier alpha value is -1.33. The van der Waals surface area contributed by atoms with Crippen molar-refractivity contribution < 1.29 is 8.95 Å². The second-order valence-electron chi connectivity index (χ2n) is 4.47. The maximum Gasteiger partial charge on any atom is 0.119 e. The zero-order valence-electron chi connectivity index (χ0n) is 11.4. The minimum absolute atomic E-state index is 0.432. The molecule has 0 amide bonds. The molecule has 106 valence electrons. The van der Waals surface area contributed by atoms with Crippen LogP contribution in [0, 0.1) is 6.92 Å². The first-order valence-electron chi connectivity index (χ1n) is 6.08. The summed E-state index contributed by atoms with van der Waals surface area (Å²) in [5, 5.41) is 0. The Labute approximate surface area is 129 Å². The number of hydrogen-bond acceptors (Lipinski definition) is 3. The predicted octanol–water partition coefficient (Wildman–Crippen LogP) is 3.66. The molecule has 0 heterocycles. The van der Waals surface area contributed by atoms with Gasteiger partial charge in [-0.05, 0) is 54.4 Å². The molecule has 20 heavy (non-hydrogen) atoms. The highest BCUT2D eigenvalue weighted by Crippen LogP contribution is 2.26. The fourth-order valence-corrected chi connectivity index (χ4v) is 3.59. The molecular formula is C15H16BrNO2S. The molecule has 0 aromatic heterocycles. The molecule has 0 aliphatic rings. The lowest BCUT2D eigenvalue weighted by Crippen LogP contribution is -1.99. The average molecular weight is 354 g/mol. The molecule has 1 unspecified atom stereocenters. The van der Waals surface area contributed by atoms with Gasteiger partial charge in [-0.15, -0.1) is 0 Å². The highest BCUT2D eigenvalue weighted by atomic mass is 79.9. The third-order valence-corrected chi connectivity index (χ3v) is 5.17. The molecule has 1 atom stereocenters. The molecule has 0 aliphatic heterocycles. The molecule has 3 nitrogen and oxygen atoms in total. The van der Waals surface area contributed by atoms with Gasteiger partial charge in [0, 0.05) is 15.1 Å². The van der Waals surface area contributed by atoms with Crippen LogP contribution in [0.1, 0.15) is 11.1 Å². The Balaban J connectivity index is 2.25. The molecule has 0 spiro atoms. The maximum atomic E-state index is 12.4. The molecule has 0 saturated heterocycles.